The Hall–Kier alpha value is -0.860. The third kappa shape index (κ3) is 2.93. The van der Waals surface area contributed by atoms with Crippen LogP contribution in [0.15, 0.2) is 24.3 Å². The normalized spacial score (nSPS) is 25.9. The molecule has 98 valence electrons. The van der Waals surface area contributed by atoms with Gasteiger partial charge < -0.3 is 10.1 Å². The minimum atomic E-state index is 0.539. The van der Waals surface area contributed by atoms with Gasteiger partial charge in [-0.15, -0.1) is 0 Å². The van der Waals surface area contributed by atoms with Gasteiger partial charge in [-0.25, -0.2) is 0 Å². The minimum absolute atomic E-state index is 0.539. The molecule has 2 aliphatic rings. The Kier molecular flexibility index (Phi) is 3.67. The van der Waals surface area contributed by atoms with Crippen molar-refractivity contribution >= 4 is 0 Å². The largest absolute Gasteiger partial charge is 0.380 e. The van der Waals surface area contributed by atoms with Crippen molar-refractivity contribution in [2.75, 3.05) is 13.2 Å². The molecule has 18 heavy (non-hydrogen) atoms. The molecule has 2 unspecified atom stereocenters. The van der Waals surface area contributed by atoms with Crippen LogP contribution in [0.2, 0.25) is 0 Å². The van der Waals surface area contributed by atoms with E-state index in [0.717, 1.165) is 19.1 Å². The second-order valence-electron chi connectivity index (χ2n) is 5.81. The fourth-order valence-electron chi connectivity index (χ4n) is 2.83. The molecule has 0 spiro atoms. The molecule has 0 aromatic heterocycles. The van der Waals surface area contributed by atoms with Gasteiger partial charge in [0, 0.05) is 18.7 Å². The lowest BCUT2D eigenvalue weighted by Gasteiger charge is -2.29. The lowest BCUT2D eigenvalue weighted by atomic mass is 9.99. The van der Waals surface area contributed by atoms with Crippen LogP contribution in [0.4, 0.5) is 0 Å². The molecule has 1 N–H and O–H groups in total. The van der Waals surface area contributed by atoms with Crippen LogP contribution in [0.25, 0.3) is 0 Å². The van der Waals surface area contributed by atoms with Crippen LogP contribution in [0.1, 0.15) is 42.9 Å². The van der Waals surface area contributed by atoms with E-state index in [2.05, 4.69) is 36.5 Å². The van der Waals surface area contributed by atoms with E-state index in [9.17, 15) is 0 Å². The summed E-state index contributed by atoms with van der Waals surface area (Å²) in [7, 11) is 0. The van der Waals surface area contributed by atoms with Crippen LogP contribution in [0, 0.1) is 12.8 Å². The molecular formula is C16H23NO. The van der Waals surface area contributed by atoms with Gasteiger partial charge in [0.05, 0.1) is 6.61 Å². The van der Waals surface area contributed by atoms with Crippen LogP contribution in [-0.4, -0.2) is 19.3 Å². The average Bonchev–Trinajstić information content (AvgIpc) is 3.23. The van der Waals surface area contributed by atoms with Gasteiger partial charge in [-0.2, -0.15) is 0 Å². The molecule has 0 amide bonds. The van der Waals surface area contributed by atoms with Crippen molar-refractivity contribution in [1.29, 1.82) is 0 Å². The van der Waals surface area contributed by atoms with Gasteiger partial charge in [0.2, 0.25) is 0 Å². The zero-order valence-electron chi connectivity index (χ0n) is 11.2. The number of rotatable bonds is 4. The Labute approximate surface area is 110 Å². The minimum Gasteiger partial charge on any atom is -0.380 e. The molecule has 0 bridgehead atoms. The second-order valence-corrected chi connectivity index (χ2v) is 5.81. The quantitative estimate of drug-likeness (QED) is 0.879. The maximum absolute atomic E-state index is 5.58. The molecular weight excluding hydrogens is 222 g/mol. The smallest absolute Gasteiger partial charge is 0.0619 e. The third-order valence-electron chi connectivity index (χ3n) is 4.11. The van der Waals surface area contributed by atoms with E-state index in [1.807, 2.05) is 0 Å². The summed E-state index contributed by atoms with van der Waals surface area (Å²) in [5, 5.41) is 3.83. The topological polar surface area (TPSA) is 21.3 Å². The Bertz CT molecular complexity index is 377. The summed E-state index contributed by atoms with van der Waals surface area (Å²) in [5.41, 5.74) is 2.79. The van der Waals surface area contributed by atoms with E-state index in [4.69, 9.17) is 4.74 Å². The van der Waals surface area contributed by atoms with Gasteiger partial charge in [0.25, 0.3) is 0 Å². The van der Waals surface area contributed by atoms with E-state index in [1.54, 1.807) is 0 Å². The summed E-state index contributed by atoms with van der Waals surface area (Å²) >= 11 is 0. The molecule has 2 heteroatoms. The van der Waals surface area contributed by atoms with Gasteiger partial charge in [0.15, 0.2) is 0 Å². The second kappa shape index (κ2) is 5.41. The molecule has 1 aliphatic carbocycles. The van der Waals surface area contributed by atoms with Crippen molar-refractivity contribution in [3.05, 3.63) is 35.4 Å². The highest BCUT2D eigenvalue weighted by atomic mass is 16.5. The van der Waals surface area contributed by atoms with Crippen molar-refractivity contribution in [3.63, 3.8) is 0 Å². The van der Waals surface area contributed by atoms with E-state index in [0.29, 0.717) is 12.1 Å². The van der Waals surface area contributed by atoms with Crippen LogP contribution >= 0.6 is 0 Å². The molecule has 1 heterocycles. The predicted molar refractivity (Wildman–Crippen MR) is 73.6 cm³/mol. The zero-order valence-corrected chi connectivity index (χ0v) is 11.2. The van der Waals surface area contributed by atoms with Crippen LogP contribution in [-0.2, 0) is 4.74 Å². The van der Waals surface area contributed by atoms with Crippen molar-refractivity contribution < 1.29 is 4.74 Å². The van der Waals surface area contributed by atoms with Gasteiger partial charge in [-0.1, -0.05) is 29.8 Å². The van der Waals surface area contributed by atoms with Crippen molar-refractivity contribution in [2.45, 2.75) is 44.7 Å². The first-order valence-corrected chi connectivity index (χ1v) is 7.23. The Morgan fingerprint density at radius 3 is 2.56 bits per heavy atom. The summed E-state index contributed by atoms with van der Waals surface area (Å²) in [6.07, 6.45) is 5.20. The summed E-state index contributed by atoms with van der Waals surface area (Å²) in [4.78, 5) is 0. The number of hydrogen-bond acceptors (Lipinski definition) is 2. The molecule has 3 rings (SSSR count). The molecule has 1 aromatic carbocycles. The SMILES string of the molecule is Cc1ccc(C(NC2CCCOC2)C2CC2)cc1. The van der Waals surface area contributed by atoms with Gasteiger partial charge in [-0.3, -0.25) is 0 Å². The molecule has 2 nitrogen and oxygen atoms in total. The Balaban J connectivity index is 1.69. The number of ether oxygens (including phenoxy) is 1. The predicted octanol–water partition coefficient (Wildman–Crippen LogP) is 3.21. The van der Waals surface area contributed by atoms with Crippen LogP contribution in [0.5, 0.6) is 0 Å². The van der Waals surface area contributed by atoms with Gasteiger partial charge >= 0.3 is 0 Å². The van der Waals surface area contributed by atoms with E-state index >= 15 is 0 Å². The van der Waals surface area contributed by atoms with E-state index in [1.165, 1.54) is 36.8 Å². The van der Waals surface area contributed by atoms with Crippen molar-refractivity contribution in [3.8, 4) is 0 Å². The fourth-order valence-corrected chi connectivity index (χ4v) is 2.83. The number of benzene rings is 1. The first-order chi connectivity index (χ1) is 8.83. The lowest BCUT2D eigenvalue weighted by Crippen LogP contribution is -2.39. The Morgan fingerprint density at radius 1 is 1.17 bits per heavy atom. The molecule has 1 aliphatic heterocycles. The summed E-state index contributed by atoms with van der Waals surface area (Å²) < 4.78 is 5.58. The summed E-state index contributed by atoms with van der Waals surface area (Å²) in [6.45, 7) is 3.98. The number of hydrogen-bond donors (Lipinski definition) is 1. The maximum Gasteiger partial charge on any atom is 0.0619 e. The highest BCUT2D eigenvalue weighted by molar-refractivity contribution is 5.25. The Morgan fingerprint density at radius 2 is 1.94 bits per heavy atom. The molecule has 1 aromatic rings. The molecule has 1 saturated heterocycles. The standard InChI is InChI=1S/C16H23NO/c1-12-4-6-13(7-5-12)16(14-8-9-14)17-15-3-2-10-18-11-15/h4-7,14-17H,2-3,8-11H2,1H3. The van der Waals surface area contributed by atoms with Crippen LogP contribution in [0.3, 0.4) is 0 Å². The average molecular weight is 245 g/mol. The first kappa shape index (κ1) is 12.2. The molecule has 2 atom stereocenters. The summed E-state index contributed by atoms with van der Waals surface area (Å²) in [6, 6.07) is 10.1. The maximum atomic E-state index is 5.58. The number of aryl methyl sites for hydroxylation is 1. The van der Waals surface area contributed by atoms with Crippen molar-refractivity contribution in [2.24, 2.45) is 5.92 Å². The van der Waals surface area contributed by atoms with Gasteiger partial charge in [-0.05, 0) is 44.1 Å². The lowest BCUT2D eigenvalue weighted by molar-refractivity contribution is 0.0652. The monoisotopic (exact) mass is 245 g/mol. The van der Waals surface area contributed by atoms with Gasteiger partial charge in [0.1, 0.15) is 0 Å². The van der Waals surface area contributed by atoms with E-state index < -0.39 is 0 Å². The van der Waals surface area contributed by atoms with E-state index in [-0.39, 0.29) is 0 Å². The van der Waals surface area contributed by atoms with Crippen molar-refractivity contribution in [1.82, 2.24) is 5.32 Å². The molecule has 0 radical (unpaired) electrons. The fraction of sp³-hybridized carbons (Fsp3) is 0.625. The first-order valence-electron chi connectivity index (χ1n) is 7.23. The zero-order chi connectivity index (χ0) is 12.4. The van der Waals surface area contributed by atoms with Crippen LogP contribution < -0.4 is 5.32 Å². The molecule has 2 fully saturated rings. The highest BCUT2D eigenvalue weighted by Gasteiger charge is 2.33. The molecule has 1 saturated carbocycles. The highest BCUT2D eigenvalue weighted by Crippen LogP contribution is 2.41. The third-order valence-corrected chi connectivity index (χ3v) is 4.11. The number of nitrogens with one attached hydrogen (secondary N) is 1. The summed E-state index contributed by atoms with van der Waals surface area (Å²) in [5.74, 6) is 0.842.